The Kier molecular flexibility index (Phi) is 6.08. The van der Waals surface area contributed by atoms with E-state index < -0.39 is 0 Å². The number of rotatable bonds is 6. The minimum Gasteiger partial charge on any atom is -0.411 e. The van der Waals surface area contributed by atoms with E-state index in [1.807, 2.05) is 18.2 Å². The van der Waals surface area contributed by atoms with Crippen molar-refractivity contribution in [2.75, 3.05) is 0 Å². The molecule has 0 spiro atoms. The van der Waals surface area contributed by atoms with Crippen molar-refractivity contribution in [1.82, 2.24) is 0 Å². The van der Waals surface area contributed by atoms with Crippen molar-refractivity contribution in [2.24, 2.45) is 5.16 Å². The number of benzene rings is 1. The van der Waals surface area contributed by atoms with E-state index in [4.69, 9.17) is 5.21 Å². The summed E-state index contributed by atoms with van der Waals surface area (Å²) in [6.07, 6.45) is 5.74. The van der Waals surface area contributed by atoms with Crippen LogP contribution in [0.25, 0.3) is 0 Å². The molecule has 0 aliphatic carbocycles. The van der Waals surface area contributed by atoms with Gasteiger partial charge in [0.05, 0.1) is 5.71 Å². The van der Waals surface area contributed by atoms with Gasteiger partial charge >= 0.3 is 0 Å². The smallest absolute Gasteiger partial charge is 0.0577 e. The fourth-order valence-corrected chi connectivity index (χ4v) is 1.69. The van der Waals surface area contributed by atoms with Gasteiger partial charge in [-0.3, -0.25) is 0 Å². The highest BCUT2D eigenvalue weighted by atomic mass is 16.4. The summed E-state index contributed by atoms with van der Waals surface area (Å²) in [6, 6.07) is 10.3. The van der Waals surface area contributed by atoms with Crippen molar-refractivity contribution in [3.63, 3.8) is 0 Å². The lowest BCUT2D eigenvalue weighted by molar-refractivity contribution is 0.316. The Morgan fingerprint density at radius 1 is 1.18 bits per heavy atom. The fourth-order valence-electron chi connectivity index (χ4n) is 1.69. The van der Waals surface area contributed by atoms with Gasteiger partial charge in [0.15, 0.2) is 0 Å². The molecule has 1 aromatic rings. The predicted molar refractivity (Wildman–Crippen MR) is 72.6 cm³/mol. The average Bonchev–Trinajstić information content (AvgIpc) is 2.34. The van der Waals surface area contributed by atoms with E-state index in [9.17, 15) is 0 Å². The maximum atomic E-state index is 8.94. The topological polar surface area (TPSA) is 32.6 Å². The van der Waals surface area contributed by atoms with Gasteiger partial charge in [-0.25, -0.2) is 0 Å². The monoisotopic (exact) mass is 231 g/mol. The number of hydrogen-bond donors (Lipinski definition) is 1. The first-order valence-corrected chi connectivity index (χ1v) is 6.09. The Balaban J connectivity index is 2.36. The summed E-state index contributed by atoms with van der Waals surface area (Å²) in [7, 11) is 0. The molecule has 1 aromatic carbocycles. The third-order valence-electron chi connectivity index (χ3n) is 2.67. The normalized spacial score (nSPS) is 11.3. The first-order valence-electron chi connectivity index (χ1n) is 6.09. The van der Waals surface area contributed by atoms with Crippen molar-refractivity contribution in [3.8, 4) is 0 Å². The highest BCUT2D eigenvalue weighted by molar-refractivity contribution is 5.84. The first kappa shape index (κ1) is 13.5. The summed E-state index contributed by atoms with van der Waals surface area (Å²) >= 11 is 0. The second-order valence-corrected chi connectivity index (χ2v) is 4.47. The number of nitrogens with zero attached hydrogens (tertiary/aromatic N) is 1. The van der Waals surface area contributed by atoms with E-state index in [-0.39, 0.29) is 0 Å². The van der Waals surface area contributed by atoms with Crippen molar-refractivity contribution >= 4 is 5.71 Å². The zero-order valence-electron chi connectivity index (χ0n) is 10.7. The molecule has 1 N–H and O–H groups in total. The lowest BCUT2D eigenvalue weighted by atomic mass is 10.0. The van der Waals surface area contributed by atoms with Crippen LogP contribution in [0.15, 0.2) is 47.1 Å². The summed E-state index contributed by atoms with van der Waals surface area (Å²) in [5, 5.41) is 12.3. The first-order chi connectivity index (χ1) is 8.22. The van der Waals surface area contributed by atoms with Crippen LogP contribution >= 0.6 is 0 Å². The third kappa shape index (κ3) is 5.91. The summed E-state index contributed by atoms with van der Waals surface area (Å²) in [6.45, 7) is 4.17. The second kappa shape index (κ2) is 7.66. The van der Waals surface area contributed by atoms with Gasteiger partial charge in [0.1, 0.15) is 0 Å². The quantitative estimate of drug-likeness (QED) is 0.338. The molecule has 0 saturated carbocycles. The number of hydrogen-bond acceptors (Lipinski definition) is 2. The van der Waals surface area contributed by atoms with Gasteiger partial charge in [-0.15, -0.1) is 0 Å². The Hall–Kier alpha value is -1.57. The summed E-state index contributed by atoms with van der Waals surface area (Å²) in [5.74, 6) is 0. The van der Waals surface area contributed by atoms with E-state index in [0.717, 1.165) is 31.4 Å². The molecule has 0 heterocycles. The molecule has 1 rings (SSSR count). The molecular formula is C15H21NO. The Bertz CT molecular complexity index is 375. The van der Waals surface area contributed by atoms with Crippen LogP contribution in [-0.4, -0.2) is 10.9 Å². The van der Waals surface area contributed by atoms with Crippen LogP contribution in [0.1, 0.15) is 38.7 Å². The third-order valence-corrected chi connectivity index (χ3v) is 2.67. The van der Waals surface area contributed by atoms with Crippen LogP contribution in [0.3, 0.4) is 0 Å². The van der Waals surface area contributed by atoms with Gasteiger partial charge in [0.2, 0.25) is 0 Å². The second-order valence-electron chi connectivity index (χ2n) is 4.47. The molecule has 0 unspecified atom stereocenters. The van der Waals surface area contributed by atoms with Crippen molar-refractivity contribution in [2.45, 2.75) is 39.5 Å². The maximum absolute atomic E-state index is 8.94. The zero-order valence-corrected chi connectivity index (χ0v) is 10.7. The molecule has 0 saturated heterocycles. The zero-order chi connectivity index (χ0) is 12.5. The Labute approximate surface area is 104 Å². The van der Waals surface area contributed by atoms with Crippen LogP contribution in [-0.2, 0) is 6.42 Å². The molecule has 0 bridgehead atoms. The standard InChI is InChI=1S/C15H21NO/c1-13(2)7-6-10-15(16-17)12-11-14-8-4-3-5-9-14/h3-5,7-9,17H,6,10-12H2,1-2H3. The molecular weight excluding hydrogens is 210 g/mol. The van der Waals surface area contributed by atoms with Gasteiger partial charge in [-0.05, 0) is 45.1 Å². The molecule has 0 aromatic heterocycles. The van der Waals surface area contributed by atoms with Gasteiger partial charge in [-0.1, -0.05) is 47.1 Å². The minimum absolute atomic E-state index is 0.830. The van der Waals surface area contributed by atoms with E-state index in [2.05, 4.69) is 37.2 Å². The van der Waals surface area contributed by atoms with E-state index in [1.54, 1.807) is 0 Å². The van der Waals surface area contributed by atoms with Gasteiger partial charge in [-0.2, -0.15) is 0 Å². The van der Waals surface area contributed by atoms with Gasteiger partial charge in [0.25, 0.3) is 0 Å². The van der Waals surface area contributed by atoms with E-state index in [1.165, 1.54) is 11.1 Å². The molecule has 0 aliphatic heterocycles. The molecule has 0 atom stereocenters. The van der Waals surface area contributed by atoms with Crippen molar-refractivity contribution in [1.29, 1.82) is 0 Å². The lowest BCUT2D eigenvalue weighted by Crippen LogP contribution is -2.00. The van der Waals surface area contributed by atoms with Crippen LogP contribution in [0.4, 0.5) is 0 Å². The Morgan fingerprint density at radius 2 is 1.88 bits per heavy atom. The summed E-state index contributed by atoms with van der Waals surface area (Å²) < 4.78 is 0. The highest BCUT2D eigenvalue weighted by Crippen LogP contribution is 2.07. The molecule has 92 valence electrons. The molecule has 0 fully saturated rings. The van der Waals surface area contributed by atoms with Gasteiger partial charge in [0, 0.05) is 0 Å². The van der Waals surface area contributed by atoms with E-state index in [0.29, 0.717) is 0 Å². The average molecular weight is 231 g/mol. The highest BCUT2D eigenvalue weighted by Gasteiger charge is 2.00. The summed E-state index contributed by atoms with van der Waals surface area (Å²) in [5.41, 5.74) is 3.48. The SMILES string of the molecule is CC(C)=CCCC(CCc1ccccc1)=NO. The fraction of sp³-hybridized carbons (Fsp3) is 0.400. The molecule has 2 nitrogen and oxygen atoms in total. The molecule has 2 heteroatoms. The van der Waals surface area contributed by atoms with Crippen LogP contribution < -0.4 is 0 Å². The Morgan fingerprint density at radius 3 is 2.47 bits per heavy atom. The molecule has 0 aliphatic rings. The largest absolute Gasteiger partial charge is 0.411 e. The molecule has 0 radical (unpaired) electrons. The van der Waals surface area contributed by atoms with E-state index >= 15 is 0 Å². The minimum atomic E-state index is 0.830. The van der Waals surface area contributed by atoms with Crippen LogP contribution in [0, 0.1) is 0 Å². The lowest BCUT2D eigenvalue weighted by Gasteiger charge is -2.03. The number of aryl methyl sites for hydroxylation is 1. The van der Waals surface area contributed by atoms with Gasteiger partial charge < -0.3 is 5.21 Å². The van der Waals surface area contributed by atoms with Crippen molar-refractivity contribution < 1.29 is 5.21 Å². The number of oxime groups is 1. The number of allylic oxidation sites excluding steroid dienone is 2. The summed E-state index contributed by atoms with van der Waals surface area (Å²) in [4.78, 5) is 0. The predicted octanol–water partition coefficient (Wildman–Crippen LogP) is 4.20. The van der Waals surface area contributed by atoms with Crippen LogP contribution in [0.5, 0.6) is 0 Å². The molecule has 0 amide bonds. The van der Waals surface area contributed by atoms with Crippen molar-refractivity contribution in [3.05, 3.63) is 47.5 Å². The maximum Gasteiger partial charge on any atom is 0.0577 e. The van der Waals surface area contributed by atoms with Crippen LogP contribution in [0.2, 0.25) is 0 Å². The molecule has 17 heavy (non-hydrogen) atoms.